The summed E-state index contributed by atoms with van der Waals surface area (Å²) in [4.78, 5) is 14.9. The molecule has 4 rings (SSSR count). The number of likely N-dealkylation sites (tertiary alicyclic amines) is 1. The summed E-state index contributed by atoms with van der Waals surface area (Å²) in [7, 11) is 0. The number of benzene rings is 2. The first-order chi connectivity index (χ1) is 11.8. The highest BCUT2D eigenvalue weighted by Crippen LogP contribution is 2.33. The van der Waals surface area contributed by atoms with Crippen molar-refractivity contribution in [3.05, 3.63) is 59.7 Å². The number of ether oxygens (including phenoxy) is 2. The third kappa shape index (κ3) is 2.96. The van der Waals surface area contributed by atoms with E-state index in [1.54, 1.807) is 6.07 Å². The first-order valence-electron chi connectivity index (χ1n) is 8.55. The molecule has 2 aromatic rings. The van der Waals surface area contributed by atoms with Crippen molar-refractivity contribution < 1.29 is 14.3 Å². The van der Waals surface area contributed by atoms with E-state index in [1.165, 1.54) is 5.56 Å². The highest BCUT2D eigenvalue weighted by molar-refractivity contribution is 5.95. The van der Waals surface area contributed by atoms with E-state index < -0.39 is 0 Å². The molecule has 0 spiro atoms. The van der Waals surface area contributed by atoms with Crippen molar-refractivity contribution in [3.8, 4) is 11.5 Å². The number of carbonyl (C=O) groups is 1. The van der Waals surface area contributed by atoms with Gasteiger partial charge in [0.05, 0.1) is 0 Å². The topological polar surface area (TPSA) is 38.8 Å². The molecule has 24 heavy (non-hydrogen) atoms. The van der Waals surface area contributed by atoms with Crippen LogP contribution in [0.2, 0.25) is 0 Å². The molecule has 2 aromatic carbocycles. The Labute approximate surface area is 142 Å². The van der Waals surface area contributed by atoms with Crippen molar-refractivity contribution in [2.45, 2.75) is 25.2 Å². The first-order valence-corrected chi connectivity index (χ1v) is 8.55. The summed E-state index contributed by atoms with van der Waals surface area (Å²) in [5.41, 5.74) is 2.00. The van der Waals surface area contributed by atoms with Crippen LogP contribution in [0.1, 0.15) is 41.1 Å². The average molecular weight is 323 g/mol. The average Bonchev–Trinajstić information content (AvgIpc) is 2.96. The fraction of sp³-hybridized carbons (Fsp3) is 0.350. The summed E-state index contributed by atoms with van der Waals surface area (Å²) in [5, 5.41) is 0. The lowest BCUT2D eigenvalue weighted by molar-refractivity contribution is 0.0754. The highest BCUT2D eigenvalue weighted by Gasteiger charge is 2.25. The summed E-state index contributed by atoms with van der Waals surface area (Å²) < 4.78 is 10.7. The zero-order chi connectivity index (χ0) is 16.4. The Bertz CT molecular complexity index is 729. The lowest BCUT2D eigenvalue weighted by Gasteiger charge is -2.25. The Morgan fingerprint density at radius 2 is 1.83 bits per heavy atom. The lowest BCUT2D eigenvalue weighted by Crippen LogP contribution is -2.34. The van der Waals surface area contributed by atoms with Crippen LogP contribution in [0, 0.1) is 0 Å². The summed E-state index contributed by atoms with van der Waals surface area (Å²) in [6.07, 6.45) is 3.35. The largest absolute Gasteiger partial charge is 0.454 e. The van der Waals surface area contributed by atoms with E-state index in [-0.39, 0.29) is 12.7 Å². The second-order valence-corrected chi connectivity index (χ2v) is 6.42. The van der Waals surface area contributed by atoms with Gasteiger partial charge in [-0.05, 0) is 36.6 Å². The molecule has 4 heteroatoms. The molecule has 0 aliphatic carbocycles. The predicted molar refractivity (Wildman–Crippen MR) is 91.5 cm³/mol. The fourth-order valence-electron chi connectivity index (χ4n) is 3.54. The number of carbonyl (C=O) groups excluding carboxylic acids is 1. The van der Waals surface area contributed by atoms with Gasteiger partial charge in [-0.2, -0.15) is 0 Å². The number of rotatable bonds is 2. The van der Waals surface area contributed by atoms with Crippen molar-refractivity contribution >= 4 is 5.91 Å². The van der Waals surface area contributed by atoms with Gasteiger partial charge in [0.15, 0.2) is 11.5 Å². The Morgan fingerprint density at radius 3 is 2.71 bits per heavy atom. The van der Waals surface area contributed by atoms with Gasteiger partial charge in [0.2, 0.25) is 6.79 Å². The van der Waals surface area contributed by atoms with Crippen LogP contribution in [0.4, 0.5) is 0 Å². The smallest absolute Gasteiger partial charge is 0.254 e. The van der Waals surface area contributed by atoms with Gasteiger partial charge in [0.1, 0.15) is 0 Å². The van der Waals surface area contributed by atoms with E-state index in [9.17, 15) is 4.79 Å². The molecule has 1 unspecified atom stereocenters. The zero-order valence-electron chi connectivity index (χ0n) is 13.6. The van der Waals surface area contributed by atoms with E-state index in [4.69, 9.17) is 9.47 Å². The lowest BCUT2D eigenvalue weighted by atomic mass is 9.94. The number of hydrogen-bond acceptors (Lipinski definition) is 3. The SMILES string of the molecule is O=C(c1ccc2c(c1)OCO2)N1CCCCC(c2ccccc2)C1. The number of fused-ring (bicyclic) bond motifs is 1. The Hall–Kier alpha value is -2.49. The maximum absolute atomic E-state index is 13.0. The number of amides is 1. The minimum atomic E-state index is 0.0798. The minimum Gasteiger partial charge on any atom is -0.454 e. The summed E-state index contributed by atoms with van der Waals surface area (Å²) >= 11 is 0. The third-order valence-electron chi connectivity index (χ3n) is 4.85. The van der Waals surface area contributed by atoms with E-state index in [0.717, 1.165) is 32.4 Å². The number of hydrogen-bond donors (Lipinski definition) is 0. The Morgan fingerprint density at radius 1 is 1.00 bits per heavy atom. The van der Waals surface area contributed by atoms with Gasteiger partial charge in [-0.3, -0.25) is 4.79 Å². The molecule has 0 aromatic heterocycles. The molecule has 1 amide bonds. The second kappa shape index (κ2) is 6.56. The quantitative estimate of drug-likeness (QED) is 0.843. The Kier molecular flexibility index (Phi) is 4.11. The zero-order valence-corrected chi connectivity index (χ0v) is 13.6. The van der Waals surface area contributed by atoms with Gasteiger partial charge in [-0.1, -0.05) is 36.8 Å². The van der Waals surface area contributed by atoms with Crippen LogP contribution < -0.4 is 9.47 Å². The maximum atomic E-state index is 13.0. The molecule has 4 nitrogen and oxygen atoms in total. The van der Waals surface area contributed by atoms with Gasteiger partial charge >= 0.3 is 0 Å². The van der Waals surface area contributed by atoms with E-state index in [1.807, 2.05) is 23.1 Å². The standard InChI is InChI=1S/C20H21NO3/c22-20(16-9-10-18-19(12-16)24-14-23-18)21-11-5-4-8-17(13-21)15-6-2-1-3-7-15/h1-3,6-7,9-10,12,17H,4-5,8,11,13-14H2. The van der Waals surface area contributed by atoms with Crippen molar-refractivity contribution in [2.24, 2.45) is 0 Å². The van der Waals surface area contributed by atoms with Crippen LogP contribution in [0.25, 0.3) is 0 Å². The molecule has 2 aliphatic rings. The van der Waals surface area contributed by atoms with Crippen LogP contribution in [0.15, 0.2) is 48.5 Å². The highest BCUT2D eigenvalue weighted by atomic mass is 16.7. The van der Waals surface area contributed by atoms with Crippen LogP contribution in [-0.4, -0.2) is 30.7 Å². The summed E-state index contributed by atoms with van der Waals surface area (Å²) in [6.45, 7) is 1.82. The van der Waals surface area contributed by atoms with Crippen molar-refractivity contribution in [3.63, 3.8) is 0 Å². The summed E-state index contributed by atoms with van der Waals surface area (Å²) in [6, 6.07) is 16.0. The van der Waals surface area contributed by atoms with Gasteiger partial charge in [-0.15, -0.1) is 0 Å². The van der Waals surface area contributed by atoms with Gasteiger partial charge in [-0.25, -0.2) is 0 Å². The van der Waals surface area contributed by atoms with Crippen molar-refractivity contribution in [1.82, 2.24) is 4.90 Å². The summed E-state index contributed by atoms with van der Waals surface area (Å²) in [5.74, 6) is 1.86. The molecule has 1 atom stereocenters. The van der Waals surface area contributed by atoms with Gasteiger partial charge in [0, 0.05) is 24.6 Å². The van der Waals surface area contributed by atoms with Crippen LogP contribution >= 0.6 is 0 Å². The molecular formula is C20H21NO3. The second-order valence-electron chi connectivity index (χ2n) is 6.42. The molecular weight excluding hydrogens is 302 g/mol. The van der Waals surface area contributed by atoms with E-state index >= 15 is 0 Å². The van der Waals surface area contributed by atoms with Crippen LogP contribution in [0.5, 0.6) is 11.5 Å². The molecule has 1 saturated heterocycles. The molecule has 1 fully saturated rings. The molecule has 0 radical (unpaired) electrons. The molecule has 2 aliphatic heterocycles. The third-order valence-corrected chi connectivity index (χ3v) is 4.85. The predicted octanol–water partition coefficient (Wildman–Crippen LogP) is 3.83. The maximum Gasteiger partial charge on any atom is 0.254 e. The molecule has 0 N–H and O–H groups in total. The van der Waals surface area contributed by atoms with Crippen molar-refractivity contribution in [2.75, 3.05) is 19.9 Å². The molecule has 0 saturated carbocycles. The molecule has 0 bridgehead atoms. The van der Waals surface area contributed by atoms with Gasteiger partial charge < -0.3 is 14.4 Å². The van der Waals surface area contributed by atoms with Gasteiger partial charge in [0.25, 0.3) is 5.91 Å². The minimum absolute atomic E-state index is 0.0798. The van der Waals surface area contributed by atoms with Crippen LogP contribution in [0.3, 0.4) is 0 Å². The molecule has 124 valence electrons. The normalized spacial score (nSPS) is 19.8. The first kappa shape index (κ1) is 15.1. The monoisotopic (exact) mass is 323 g/mol. The Balaban J connectivity index is 1.54. The van der Waals surface area contributed by atoms with E-state index in [0.29, 0.717) is 23.0 Å². The van der Waals surface area contributed by atoms with E-state index in [2.05, 4.69) is 24.3 Å². The van der Waals surface area contributed by atoms with Crippen molar-refractivity contribution in [1.29, 1.82) is 0 Å². The fourth-order valence-corrected chi connectivity index (χ4v) is 3.54. The number of nitrogens with zero attached hydrogens (tertiary/aromatic N) is 1. The van der Waals surface area contributed by atoms with Crippen LogP contribution in [-0.2, 0) is 0 Å². The molecule has 2 heterocycles.